The highest BCUT2D eigenvalue weighted by molar-refractivity contribution is 9.09. The van der Waals surface area contributed by atoms with Crippen LogP contribution < -0.4 is 25.6 Å². The SMILES string of the molecule is CN1CCN(C(=O)Oc2cc3c(c4ccccc24)C[C@@H](CBr)N3C(=O)c2cc3cc(NC(=O)c4ccc(NC(=O)[C@H](CO)NC(=O)CCCN5C(=O)C=CC5=O)cc4)ccc3[nH]2)CC1. The minimum absolute atomic E-state index is 0.0450. The molecule has 8 rings (SSSR count). The molecule has 0 aliphatic carbocycles. The van der Waals surface area contributed by atoms with Gasteiger partial charge in [-0.3, -0.25) is 33.7 Å². The van der Waals surface area contributed by atoms with E-state index in [9.17, 15) is 38.7 Å². The molecule has 0 spiro atoms. The molecule has 2 atom stereocenters. The predicted octanol–water partition coefficient (Wildman–Crippen LogP) is 4.41. The fraction of sp³-hybridized carbons (Fsp3) is 0.283. The van der Waals surface area contributed by atoms with Gasteiger partial charge >= 0.3 is 6.09 Å². The molecule has 5 N–H and O–H groups in total. The predicted molar refractivity (Wildman–Crippen MR) is 243 cm³/mol. The van der Waals surface area contributed by atoms with Crippen LogP contribution in [-0.2, 0) is 25.6 Å². The Morgan fingerprint density at radius 3 is 2.28 bits per heavy atom. The molecular formula is C46H45BrN8O9. The summed E-state index contributed by atoms with van der Waals surface area (Å²) >= 11 is 3.63. The number of hydrogen-bond acceptors (Lipinski definition) is 10. The summed E-state index contributed by atoms with van der Waals surface area (Å²) in [5, 5.41) is 20.6. The normalized spacial score (nSPS) is 16.6. The minimum Gasteiger partial charge on any atom is -0.409 e. The maximum absolute atomic E-state index is 14.4. The molecule has 18 heteroatoms. The maximum Gasteiger partial charge on any atom is 0.415 e. The maximum atomic E-state index is 14.4. The van der Waals surface area contributed by atoms with Crippen molar-refractivity contribution in [3.8, 4) is 5.75 Å². The second kappa shape index (κ2) is 18.8. The van der Waals surface area contributed by atoms with E-state index in [0.717, 1.165) is 46.5 Å². The zero-order valence-electron chi connectivity index (χ0n) is 34.8. The van der Waals surface area contributed by atoms with Crippen molar-refractivity contribution >= 4 is 96.2 Å². The number of aliphatic hydroxyl groups is 1. The number of carbonyl (C=O) groups is 7. The van der Waals surface area contributed by atoms with E-state index >= 15 is 0 Å². The summed E-state index contributed by atoms with van der Waals surface area (Å²) in [6.45, 7) is 2.00. The van der Waals surface area contributed by atoms with Gasteiger partial charge in [0.25, 0.3) is 23.6 Å². The summed E-state index contributed by atoms with van der Waals surface area (Å²) in [6, 6.07) is 21.1. The molecule has 1 aromatic heterocycles. The number of ether oxygens (including phenoxy) is 1. The molecule has 0 bridgehead atoms. The molecular weight excluding hydrogens is 888 g/mol. The summed E-state index contributed by atoms with van der Waals surface area (Å²) < 4.78 is 6.05. The largest absolute Gasteiger partial charge is 0.415 e. The molecule has 330 valence electrons. The van der Waals surface area contributed by atoms with E-state index in [1.807, 2.05) is 31.3 Å². The van der Waals surface area contributed by atoms with E-state index in [4.69, 9.17) is 4.74 Å². The summed E-state index contributed by atoms with van der Waals surface area (Å²) in [7, 11) is 2.02. The van der Waals surface area contributed by atoms with Gasteiger partial charge in [0, 0.05) is 95.9 Å². The molecule has 3 aliphatic heterocycles. The molecule has 3 aliphatic rings. The van der Waals surface area contributed by atoms with Gasteiger partial charge in [-0.2, -0.15) is 0 Å². The van der Waals surface area contributed by atoms with Crippen LogP contribution in [0.15, 0.2) is 91.0 Å². The number of anilines is 3. The number of aromatic amines is 1. The van der Waals surface area contributed by atoms with Gasteiger partial charge in [0.15, 0.2) is 0 Å². The number of alkyl halides is 1. The zero-order valence-corrected chi connectivity index (χ0v) is 36.4. The summed E-state index contributed by atoms with van der Waals surface area (Å²) in [6.07, 6.45) is 2.58. The Morgan fingerprint density at radius 2 is 1.58 bits per heavy atom. The number of imide groups is 1. The number of aromatic nitrogens is 1. The van der Waals surface area contributed by atoms with Crippen molar-refractivity contribution in [1.82, 2.24) is 25.0 Å². The first-order valence-electron chi connectivity index (χ1n) is 20.8. The third kappa shape index (κ3) is 9.25. The van der Waals surface area contributed by atoms with E-state index in [-0.39, 0.29) is 36.9 Å². The summed E-state index contributed by atoms with van der Waals surface area (Å²) in [4.78, 5) is 99.6. The number of piperazine rings is 1. The molecule has 5 aromatic rings. The molecule has 4 aromatic carbocycles. The highest BCUT2D eigenvalue weighted by atomic mass is 79.9. The highest BCUT2D eigenvalue weighted by Gasteiger charge is 2.37. The standard InChI is InChI=1S/C46H45BrN8O9/c1-52-17-19-53(20-18-52)46(63)64-39-24-38-34(32-5-2-3-6-33(32)39)23-31(25-47)55(38)45(62)36-22-28-21-30(12-13-35(28)50-36)49-43(60)27-8-10-29(11-9-27)48-44(61)37(26-56)51-40(57)7-4-16-54-41(58)14-15-42(54)59/h2-3,5-6,8-15,21-22,24,31,37,50,56H,4,7,16-20,23,25-26H2,1H3,(H,48,61)(H,49,60)(H,51,57)/t31-,37-/m0/s1. The van der Waals surface area contributed by atoms with E-state index in [2.05, 4.69) is 41.8 Å². The first-order chi connectivity index (χ1) is 30.9. The van der Waals surface area contributed by atoms with Crippen LogP contribution in [-0.4, -0.2) is 130 Å². The first kappa shape index (κ1) is 43.7. The number of hydrogen-bond donors (Lipinski definition) is 5. The number of aliphatic hydroxyl groups excluding tert-OH is 1. The van der Waals surface area contributed by atoms with Gasteiger partial charge in [-0.15, -0.1) is 0 Å². The van der Waals surface area contributed by atoms with Crippen molar-refractivity contribution in [3.63, 3.8) is 0 Å². The van der Waals surface area contributed by atoms with E-state index < -0.39 is 48.3 Å². The van der Waals surface area contributed by atoms with Crippen LogP contribution in [0.3, 0.4) is 0 Å². The quantitative estimate of drug-likeness (QED) is 0.0829. The first-order valence-corrected chi connectivity index (χ1v) is 21.9. The van der Waals surface area contributed by atoms with E-state index in [1.54, 1.807) is 40.1 Å². The Hall–Kier alpha value is -6.89. The van der Waals surface area contributed by atoms with E-state index in [1.165, 1.54) is 24.3 Å². The molecule has 1 saturated heterocycles. The van der Waals surface area contributed by atoms with Crippen LogP contribution in [0, 0.1) is 0 Å². The van der Waals surface area contributed by atoms with Crippen LogP contribution in [0.4, 0.5) is 21.9 Å². The van der Waals surface area contributed by atoms with Crippen LogP contribution in [0.1, 0.15) is 39.3 Å². The number of carbonyl (C=O) groups excluding carboxylic acids is 7. The van der Waals surface area contributed by atoms with Gasteiger partial charge in [-0.25, -0.2) is 4.79 Å². The molecule has 17 nitrogen and oxygen atoms in total. The number of benzene rings is 4. The number of fused-ring (bicyclic) bond motifs is 4. The fourth-order valence-electron chi connectivity index (χ4n) is 8.07. The number of amides is 7. The fourth-order valence-corrected chi connectivity index (χ4v) is 8.59. The topological polar surface area (TPSA) is 214 Å². The smallest absolute Gasteiger partial charge is 0.409 e. The van der Waals surface area contributed by atoms with Crippen molar-refractivity contribution in [1.29, 1.82) is 0 Å². The van der Waals surface area contributed by atoms with Crippen LogP contribution in [0.2, 0.25) is 0 Å². The van der Waals surface area contributed by atoms with Gasteiger partial charge in [0.05, 0.1) is 18.3 Å². The van der Waals surface area contributed by atoms with Crippen molar-refractivity contribution in [2.75, 3.05) is 67.2 Å². The van der Waals surface area contributed by atoms with Crippen LogP contribution in [0.5, 0.6) is 5.75 Å². The number of rotatable bonds is 13. The number of likely N-dealkylation sites (N-methyl/N-ethyl adjacent to an activating group) is 1. The average Bonchev–Trinajstić information content (AvgIpc) is 3.99. The number of halogens is 1. The average molecular weight is 934 g/mol. The molecule has 0 unspecified atom stereocenters. The Labute approximate surface area is 375 Å². The molecule has 4 heterocycles. The Morgan fingerprint density at radius 1 is 0.875 bits per heavy atom. The van der Waals surface area contributed by atoms with Crippen molar-refractivity contribution in [2.24, 2.45) is 0 Å². The minimum atomic E-state index is -1.26. The lowest BCUT2D eigenvalue weighted by atomic mass is 10.0. The van der Waals surface area contributed by atoms with Gasteiger partial charge in [0.1, 0.15) is 17.5 Å². The van der Waals surface area contributed by atoms with Crippen molar-refractivity contribution < 1.29 is 43.4 Å². The number of H-pyrrole nitrogens is 1. The second-order valence-electron chi connectivity index (χ2n) is 15.8. The number of nitrogens with zero attached hydrogens (tertiary/aromatic N) is 4. The third-order valence-corrected chi connectivity index (χ3v) is 12.3. The van der Waals surface area contributed by atoms with Gasteiger partial charge in [-0.1, -0.05) is 40.2 Å². The molecule has 1 fully saturated rings. The summed E-state index contributed by atoms with van der Waals surface area (Å²) in [5.74, 6) is -2.43. The van der Waals surface area contributed by atoms with Gasteiger partial charge < -0.3 is 45.5 Å². The van der Waals surface area contributed by atoms with Crippen molar-refractivity contribution in [2.45, 2.75) is 31.3 Å². The second-order valence-corrected chi connectivity index (χ2v) is 16.5. The lowest BCUT2D eigenvalue weighted by Gasteiger charge is -2.31. The monoisotopic (exact) mass is 932 g/mol. The Kier molecular flexibility index (Phi) is 12.9. The van der Waals surface area contributed by atoms with E-state index in [0.29, 0.717) is 64.2 Å². The number of nitrogens with one attached hydrogen (secondary N) is 4. The van der Waals surface area contributed by atoms with Crippen molar-refractivity contribution in [3.05, 3.63) is 108 Å². The third-order valence-electron chi connectivity index (χ3n) is 11.6. The molecule has 7 amide bonds. The lowest BCUT2D eigenvalue weighted by Crippen LogP contribution is -2.48. The molecule has 64 heavy (non-hydrogen) atoms. The Balaban J connectivity index is 0.906. The van der Waals surface area contributed by atoms with Crippen LogP contribution in [0.25, 0.3) is 21.7 Å². The zero-order chi connectivity index (χ0) is 45.1. The molecule has 0 saturated carbocycles. The van der Waals surface area contributed by atoms with Crippen LogP contribution >= 0.6 is 15.9 Å². The van der Waals surface area contributed by atoms with Gasteiger partial charge in [0.2, 0.25) is 11.8 Å². The Bertz CT molecular complexity index is 2690. The lowest BCUT2D eigenvalue weighted by molar-refractivity contribution is -0.137. The molecule has 0 radical (unpaired) electrons. The summed E-state index contributed by atoms with van der Waals surface area (Å²) in [5.41, 5.74) is 3.76. The van der Waals surface area contributed by atoms with Gasteiger partial charge in [-0.05, 0) is 79.4 Å². The highest BCUT2D eigenvalue weighted by Crippen LogP contribution is 2.43.